The average molecular weight is 284 g/mol. The summed E-state index contributed by atoms with van der Waals surface area (Å²) >= 11 is 0. The maximum atomic E-state index is 12.2. The van der Waals surface area contributed by atoms with E-state index < -0.39 is 5.97 Å². The quantitative estimate of drug-likeness (QED) is 0.662. The maximum absolute atomic E-state index is 12.2. The van der Waals surface area contributed by atoms with Gasteiger partial charge in [-0.3, -0.25) is 4.98 Å². The highest BCUT2D eigenvalue weighted by molar-refractivity contribution is 5.90. The third kappa shape index (κ3) is 2.29. The lowest BCUT2D eigenvalue weighted by Gasteiger charge is -2.06. The van der Waals surface area contributed by atoms with Gasteiger partial charge in [-0.1, -0.05) is 18.2 Å². The molecule has 0 spiro atoms. The Morgan fingerprint density at radius 2 is 2.14 bits per heavy atom. The molecule has 0 radical (unpaired) electrons. The Morgan fingerprint density at radius 1 is 1.33 bits per heavy atom. The molecule has 0 atom stereocenters. The average Bonchev–Trinajstić information content (AvgIpc) is 2.84. The van der Waals surface area contributed by atoms with E-state index in [1.807, 2.05) is 0 Å². The number of aromatic nitrogens is 4. The lowest BCUT2D eigenvalue weighted by Crippen LogP contribution is -2.22. The number of hydrogen-bond donors (Lipinski definition) is 0. The fourth-order valence-corrected chi connectivity index (χ4v) is 2.11. The minimum atomic E-state index is -0.441. The number of ether oxygens (including phenoxy) is 1. The molecule has 0 aliphatic carbocycles. The summed E-state index contributed by atoms with van der Waals surface area (Å²) in [6.07, 6.45) is 4.57. The second kappa shape index (κ2) is 5.20. The summed E-state index contributed by atoms with van der Waals surface area (Å²) in [5, 5.41) is 4.19. The smallest absolute Gasteiger partial charge is 0.350 e. The molecule has 1 aromatic carbocycles. The highest BCUT2D eigenvalue weighted by Crippen LogP contribution is 2.11. The summed E-state index contributed by atoms with van der Waals surface area (Å²) in [6, 6.07) is 6.96. The molecule has 0 saturated heterocycles. The first-order valence-corrected chi connectivity index (χ1v) is 6.26. The molecular weight excluding hydrogens is 272 g/mol. The van der Waals surface area contributed by atoms with Crippen LogP contribution < -0.4 is 5.69 Å². The Morgan fingerprint density at radius 3 is 2.90 bits per heavy atom. The second-order valence-electron chi connectivity index (χ2n) is 4.39. The Bertz CT molecular complexity index is 866. The Balaban J connectivity index is 2.05. The number of carbonyl (C=O) groups excluding carboxylic acids is 1. The van der Waals surface area contributed by atoms with Gasteiger partial charge >= 0.3 is 11.7 Å². The lowest BCUT2D eigenvalue weighted by atomic mass is 10.1. The van der Waals surface area contributed by atoms with Crippen LogP contribution in [0.15, 0.2) is 47.7 Å². The molecule has 0 fully saturated rings. The molecule has 0 bridgehead atoms. The number of carbonyl (C=O) groups is 1. The molecule has 0 amide bonds. The van der Waals surface area contributed by atoms with Crippen molar-refractivity contribution in [3.63, 3.8) is 0 Å². The van der Waals surface area contributed by atoms with Crippen LogP contribution in [0.2, 0.25) is 0 Å². The van der Waals surface area contributed by atoms with Gasteiger partial charge in [-0.2, -0.15) is 0 Å². The molecular formula is C14H12N4O3. The van der Waals surface area contributed by atoms with Crippen LogP contribution >= 0.6 is 0 Å². The predicted molar refractivity (Wildman–Crippen MR) is 74.1 cm³/mol. The molecule has 0 aliphatic rings. The van der Waals surface area contributed by atoms with Crippen LogP contribution in [0.4, 0.5) is 0 Å². The van der Waals surface area contributed by atoms with Crippen molar-refractivity contribution in [1.29, 1.82) is 0 Å². The first-order valence-electron chi connectivity index (χ1n) is 6.26. The van der Waals surface area contributed by atoms with Crippen molar-refractivity contribution < 1.29 is 9.53 Å². The van der Waals surface area contributed by atoms with Gasteiger partial charge in [-0.25, -0.2) is 18.7 Å². The van der Waals surface area contributed by atoms with Crippen molar-refractivity contribution in [3.8, 4) is 0 Å². The molecule has 7 nitrogen and oxygen atoms in total. The monoisotopic (exact) mass is 284 g/mol. The van der Waals surface area contributed by atoms with E-state index in [1.54, 1.807) is 30.5 Å². The Labute approximate surface area is 119 Å². The third-order valence-electron chi connectivity index (χ3n) is 3.13. The minimum Gasteiger partial charge on any atom is -0.465 e. The highest BCUT2D eigenvalue weighted by atomic mass is 16.5. The third-order valence-corrected chi connectivity index (χ3v) is 3.13. The minimum absolute atomic E-state index is 0.186. The molecule has 0 unspecified atom stereocenters. The maximum Gasteiger partial charge on any atom is 0.350 e. The van der Waals surface area contributed by atoms with E-state index in [9.17, 15) is 9.59 Å². The van der Waals surface area contributed by atoms with E-state index in [1.165, 1.54) is 28.6 Å². The van der Waals surface area contributed by atoms with Crippen LogP contribution in [0.1, 0.15) is 15.9 Å². The van der Waals surface area contributed by atoms with Gasteiger partial charge < -0.3 is 4.74 Å². The van der Waals surface area contributed by atoms with Crippen molar-refractivity contribution in [2.24, 2.45) is 0 Å². The summed E-state index contributed by atoms with van der Waals surface area (Å²) in [7, 11) is 1.32. The van der Waals surface area contributed by atoms with E-state index in [0.29, 0.717) is 16.8 Å². The number of benzene rings is 1. The zero-order valence-corrected chi connectivity index (χ0v) is 11.3. The normalized spacial score (nSPS) is 10.7. The van der Waals surface area contributed by atoms with Gasteiger partial charge in [0.2, 0.25) is 0 Å². The SMILES string of the molecule is COC(=O)c1ccccc1Cn1nc2cnccn2c1=O. The van der Waals surface area contributed by atoms with Crippen molar-refractivity contribution in [3.05, 3.63) is 64.5 Å². The molecule has 3 rings (SSSR count). The Kier molecular flexibility index (Phi) is 3.23. The molecule has 21 heavy (non-hydrogen) atoms. The van der Waals surface area contributed by atoms with Gasteiger partial charge in [0.15, 0.2) is 5.65 Å². The van der Waals surface area contributed by atoms with Crippen molar-refractivity contribution in [2.45, 2.75) is 6.54 Å². The standard InChI is InChI=1S/C14H12N4O3/c1-21-13(19)11-5-3-2-4-10(11)9-18-14(20)17-7-6-15-8-12(17)16-18/h2-8H,9H2,1H3. The number of rotatable bonds is 3. The van der Waals surface area contributed by atoms with Gasteiger partial charge in [-0.05, 0) is 11.6 Å². The van der Waals surface area contributed by atoms with E-state index in [-0.39, 0.29) is 12.2 Å². The number of esters is 1. The highest BCUT2D eigenvalue weighted by Gasteiger charge is 2.13. The molecule has 0 N–H and O–H groups in total. The fourth-order valence-electron chi connectivity index (χ4n) is 2.11. The Hall–Kier alpha value is -2.96. The lowest BCUT2D eigenvalue weighted by molar-refractivity contribution is 0.0599. The van der Waals surface area contributed by atoms with Gasteiger partial charge in [0.1, 0.15) is 0 Å². The second-order valence-corrected chi connectivity index (χ2v) is 4.39. The zero-order valence-electron chi connectivity index (χ0n) is 11.3. The number of hydrogen-bond acceptors (Lipinski definition) is 5. The summed E-state index contributed by atoms with van der Waals surface area (Å²) in [6.45, 7) is 0.186. The van der Waals surface area contributed by atoms with Gasteiger partial charge in [0.25, 0.3) is 0 Å². The molecule has 0 aliphatic heterocycles. The number of nitrogens with zero attached hydrogens (tertiary/aromatic N) is 4. The molecule has 0 saturated carbocycles. The topological polar surface area (TPSA) is 78.5 Å². The fraction of sp³-hybridized carbons (Fsp3) is 0.143. The van der Waals surface area contributed by atoms with E-state index in [4.69, 9.17) is 4.74 Å². The van der Waals surface area contributed by atoms with E-state index in [2.05, 4.69) is 10.1 Å². The molecule has 3 aromatic rings. The van der Waals surface area contributed by atoms with Gasteiger partial charge in [0, 0.05) is 12.4 Å². The summed E-state index contributed by atoms with van der Waals surface area (Å²) in [4.78, 5) is 27.9. The molecule has 7 heteroatoms. The molecule has 106 valence electrons. The van der Waals surface area contributed by atoms with Crippen LogP contribution in [0.25, 0.3) is 5.65 Å². The zero-order chi connectivity index (χ0) is 14.8. The first-order chi connectivity index (χ1) is 10.2. The van der Waals surface area contributed by atoms with Crippen LogP contribution in [0.5, 0.6) is 0 Å². The number of methoxy groups -OCH3 is 1. The summed E-state index contributed by atoms with van der Waals surface area (Å²) in [5.74, 6) is -0.441. The van der Waals surface area contributed by atoms with Crippen LogP contribution in [-0.4, -0.2) is 32.2 Å². The van der Waals surface area contributed by atoms with Crippen LogP contribution in [0.3, 0.4) is 0 Å². The van der Waals surface area contributed by atoms with E-state index in [0.717, 1.165) is 0 Å². The van der Waals surface area contributed by atoms with Crippen molar-refractivity contribution in [1.82, 2.24) is 19.2 Å². The first kappa shape index (κ1) is 13.0. The largest absolute Gasteiger partial charge is 0.465 e. The number of fused-ring (bicyclic) bond motifs is 1. The predicted octanol–water partition coefficient (Wildman–Crippen LogP) is 0.726. The summed E-state index contributed by atoms with van der Waals surface area (Å²) in [5.41, 5.74) is 1.26. The molecule has 2 aromatic heterocycles. The molecule has 2 heterocycles. The van der Waals surface area contributed by atoms with E-state index >= 15 is 0 Å². The van der Waals surface area contributed by atoms with Crippen LogP contribution in [-0.2, 0) is 11.3 Å². The van der Waals surface area contributed by atoms with Crippen molar-refractivity contribution in [2.75, 3.05) is 7.11 Å². The summed E-state index contributed by atoms with van der Waals surface area (Å²) < 4.78 is 7.43. The van der Waals surface area contributed by atoms with Crippen molar-refractivity contribution >= 4 is 11.6 Å². The van der Waals surface area contributed by atoms with Gasteiger partial charge in [-0.15, -0.1) is 5.10 Å². The van der Waals surface area contributed by atoms with Crippen LogP contribution in [0, 0.1) is 0 Å². The van der Waals surface area contributed by atoms with Gasteiger partial charge in [0.05, 0.1) is 25.4 Å².